The van der Waals surface area contributed by atoms with Crippen LogP contribution >= 0.6 is 0 Å². The molecule has 2 aliphatic rings. The summed E-state index contributed by atoms with van der Waals surface area (Å²) in [4.78, 5) is 0. The molecule has 3 atom stereocenters. The second kappa shape index (κ2) is 6.80. The van der Waals surface area contributed by atoms with Gasteiger partial charge < -0.3 is 15.2 Å². The summed E-state index contributed by atoms with van der Waals surface area (Å²) in [6.45, 7) is 0.317. The number of nitrogens with one attached hydrogen (secondary N) is 1. The Balaban J connectivity index is 1.76. The van der Waals surface area contributed by atoms with Crippen molar-refractivity contribution in [2.45, 2.75) is 57.0 Å². The van der Waals surface area contributed by atoms with Crippen LogP contribution in [0.25, 0.3) is 0 Å². The average molecular weight is 289 g/mol. The normalized spacial score (nSPS) is 28.4. The van der Waals surface area contributed by atoms with Gasteiger partial charge in [0.05, 0.1) is 7.11 Å². The van der Waals surface area contributed by atoms with Gasteiger partial charge in [-0.25, -0.2) is 0 Å². The monoisotopic (exact) mass is 289 g/mol. The largest absolute Gasteiger partial charge is 0.496 e. The number of rotatable bonds is 5. The van der Waals surface area contributed by atoms with Gasteiger partial charge in [-0.15, -0.1) is 0 Å². The second-order valence-electron chi connectivity index (χ2n) is 6.45. The zero-order valence-corrected chi connectivity index (χ0v) is 13.0. The fraction of sp³-hybridized carbons (Fsp3) is 0.667. The van der Waals surface area contributed by atoms with E-state index >= 15 is 0 Å². The number of methoxy groups -OCH3 is 1. The first kappa shape index (κ1) is 14.9. The van der Waals surface area contributed by atoms with Crippen LogP contribution in [0.3, 0.4) is 0 Å². The van der Waals surface area contributed by atoms with Gasteiger partial charge in [-0.05, 0) is 61.6 Å². The Bertz CT molecular complexity index is 474. The van der Waals surface area contributed by atoms with E-state index in [9.17, 15) is 5.11 Å². The minimum Gasteiger partial charge on any atom is -0.496 e. The molecule has 3 rings (SSSR count). The number of fused-ring (bicyclic) bond motifs is 1. The van der Waals surface area contributed by atoms with E-state index in [0.717, 1.165) is 18.6 Å². The predicted molar refractivity (Wildman–Crippen MR) is 84.6 cm³/mol. The fourth-order valence-corrected chi connectivity index (χ4v) is 4.21. The molecule has 2 aliphatic carbocycles. The standard InChI is InChI=1S/C18H27NO2/c1-21-18-10-4-6-14-15(18)7-3-9-17(14)19-16-8-2-5-13(16)11-12-20/h4,6,10,13,16-17,19-20H,2-3,5,7-9,11-12H2,1H3. The molecule has 1 fully saturated rings. The van der Waals surface area contributed by atoms with E-state index < -0.39 is 0 Å². The lowest BCUT2D eigenvalue weighted by Crippen LogP contribution is -2.37. The molecule has 0 aromatic heterocycles. The van der Waals surface area contributed by atoms with E-state index in [-0.39, 0.29) is 0 Å². The van der Waals surface area contributed by atoms with E-state index in [2.05, 4.69) is 23.5 Å². The first-order chi connectivity index (χ1) is 10.3. The molecular formula is C18H27NO2. The van der Waals surface area contributed by atoms with Crippen LogP contribution in [-0.4, -0.2) is 24.9 Å². The number of benzene rings is 1. The lowest BCUT2D eigenvalue weighted by molar-refractivity contribution is 0.233. The molecule has 3 unspecified atom stereocenters. The number of hydrogen-bond acceptors (Lipinski definition) is 3. The molecule has 1 aromatic rings. The molecule has 21 heavy (non-hydrogen) atoms. The van der Waals surface area contributed by atoms with Gasteiger partial charge in [0, 0.05) is 18.7 Å². The Kier molecular flexibility index (Phi) is 4.81. The zero-order valence-electron chi connectivity index (χ0n) is 13.0. The van der Waals surface area contributed by atoms with Crippen molar-refractivity contribution in [1.29, 1.82) is 0 Å². The Hall–Kier alpha value is -1.06. The summed E-state index contributed by atoms with van der Waals surface area (Å²) in [5.74, 6) is 1.68. The van der Waals surface area contributed by atoms with Crippen molar-refractivity contribution < 1.29 is 9.84 Å². The van der Waals surface area contributed by atoms with Gasteiger partial charge in [-0.1, -0.05) is 18.6 Å². The van der Waals surface area contributed by atoms with Gasteiger partial charge >= 0.3 is 0 Å². The van der Waals surface area contributed by atoms with Crippen LogP contribution < -0.4 is 10.1 Å². The molecule has 0 saturated heterocycles. The van der Waals surface area contributed by atoms with Gasteiger partial charge in [0.15, 0.2) is 0 Å². The van der Waals surface area contributed by atoms with Crippen LogP contribution in [-0.2, 0) is 6.42 Å². The first-order valence-corrected chi connectivity index (χ1v) is 8.36. The maximum absolute atomic E-state index is 9.23. The highest BCUT2D eigenvalue weighted by molar-refractivity contribution is 5.43. The maximum Gasteiger partial charge on any atom is 0.122 e. The van der Waals surface area contributed by atoms with Gasteiger partial charge in [0.25, 0.3) is 0 Å². The third-order valence-corrected chi connectivity index (χ3v) is 5.26. The third kappa shape index (κ3) is 3.09. The van der Waals surface area contributed by atoms with E-state index in [4.69, 9.17) is 4.74 Å². The van der Waals surface area contributed by atoms with Crippen molar-refractivity contribution in [3.8, 4) is 5.75 Å². The van der Waals surface area contributed by atoms with Crippen LogP contribution in [0, 0.1) is 5.92 Å². The summed E-state index contributed by atoms with van der Waals surface area (Å²) in [6.07, 6.45) is 8.30. The quantitative estimate of drug-likeness (QED) is 0.874. The number of hydrogen-bond donors (Lipinski definition) is 2. The predicted octanol–water partition coefficient (Wildman–Crippen LogP) is 3.21. The molecule has 0 heterocycles. The highest BCUT2D eigenvalue weighted by Gasteiger charge is 2.31. The van der Waals surface area contributed by atoms with Crippen LogP contribution in [0.5, 0.6) is 5.75 Å². The molecule has 116 valence electrons. The number of ether oxygens (including phenoxy) is 1. The number of aliphatic hydroxyl groups is 1. The molecular weight excluding hydrogens is 262 g/mol. The van der Waals surface area contributed by atoms with Crippen molar-refractivity contribution in [2.24, 2.45) is 5.92 Å². The molecule has 3 nitrogen and oxygen atoms in total. The topological polar surface area (TPSA) is 41.5 Å². The summed E-state index contributed by atoms with van der Waals surface area (Å²) in [5.41, 5.74) is 2.82. The van der Waals surface area contributed by atoms with Crippen molar-refractivity contribution in [3.63, 3.8) is 0 Å². The smallest absolute Gasteiger partial charge is 0.122 e. The van der Waals surface area contributed by atoms with E-state index in [1.165, 1.54) is 43.2 Å². The van der Waals surface area contributed by atoms with E-state index in [1.54, 1.807) is 7.11 Å². The van der Waals surface area contributed by atoms with Gasteiger partial charge in [0.2, 0.25) is 0 Å². The van der Waals surface area contributed by atoms with Gasteiger partial charge in [-0.3, -0.25) is 0 Å². The Labute approximate surface area is 127 Å². The van der Waals surface area contributed by atoms with Crippen molar-refractivity contribution in [3.05, 3.63) is 29.3 Å². The van der Waals surface area contributed by atoms with E-state index in [0.29, 0.717) is 24.6 Å². The van der Waals surface area contributed by atoms with Crippen LogP contribution in [0.4, 0.5) is 0 Å². The maximum atomic E-state index is 9.23. The van der Waals surface area contributed by atoms with Crippen LogP contribution in [0.1, 0.15) is 55.7 Å². The summed E-state index contributed by atoms with van der Waals surface area (Å²) in [5, 5.41) is 13.1. The summed E-state index contributed by atoms with van der Waals surface area (Å²) < 4.78 is 5.53. The summed E-state index contributed by atoms with van der Waals surface area (Å²) in [6, 6.07) is 7.46. The van der Waals surface area contributed by atoms with Crippen molar-refractivity contribution in [2.75, 3.05) is 13.7 Å². The Morgan fingerprint density at radius 2 is 2.14 bits per heavy atom. The van der Waals surface area contributed by atoms with Gasteiger partial charge in [0.1, 0.15) is 5.75 Å². The lowest BCUT2D eigenvalue weighted by Gasteiger charge is -2.32. The Morgan fingerprint density at radius 1 is 1.24 bits per heavy atom. The van der Waals surface area contributed by atoms with Crippen LogP contribution in [0.2, 0.25) is 0 Å². The SMILES string of the molecule is COc1cccc2c1CCCC2NC1CCCC1CCO. The second-order valence-corrected chi connectivity index (χ2v) is 6.45. The summed E-state index contributed by atoms with van der Waals surface area (Å²) in [7, 11) is 1.76. The first-order valence-electron chi connectivity index (χ1n) is 8.36. The molecule has 0 radical (unpaired) electrons. The molecule has 0 spiro atoms. The molecule has 1 saturated carbocycles. The highest BCUT2D eigenvalue weighted by atomic mass is 16.5. The molecule has 2 N–H and O–H groups in total. The summed E-state index contributed by atoms with van der Waals surface area (Å²) >= 11 is 0. The van der Waals surface area contributed by atoms with Gasteiger partial charge in [-0.2, -0.15) is 0 Å². The minimum absolute atomic E-state index is 0.317. The third-order valence-electron chi connectivity index (χ3n) is 5.26. The molecule has 0 amide bonds. The number of aliphatic hydroxyl groups excluding tert-OH is 1. The lowest BCUT2D eigenvalue weighted by atomic mass is 9.86. The minimum atomic E-state index is 0.317. The molecule has 1 aromatic carbocycles. The average Bonchev–Trinajstić information content (AvgIpc) is 2.94. The van der Waals surface area contributed by atoms with Crippen molar-refractivity contribution in [1.82, 2.24) is 5.32 Å². The highest BCUT2D eigenvalue weighted by Crippen LogP contribution is 2.37. The Morgan fingerprint density at radius 3 is 2.95 bits per heavy atom. The van der Waals surface area contributed by atoms with E-state index in [1.807, 2.05) is 0 Å². The molecule has 3 heteroatoms. The molecule has 0 aliphatic heterocycles. The zero-order chi connectivity index (χ0) is 14.7. The molecule has 0 bridgehead atoms. The van der Waals surface area contributed by atoms with Crippen molar-refractivity contribution >= 4 is 0 Å². The van der Waals surface area contributed by atoms with Crippen LogP contribution in [0.15, 0.2) is 18.2 Å². The fourth-order valence-electron chi connectivity index (χ4n) is 4.21.